The average molecular weight is 348 g/mol. The van der Waals surface area contributed by atoms with Gasteiger partial charge in [-0.25, -0.2) is 0 Å². The zero-order chi connectivity index (χ0) is 17.2. The van der Waals surface area contributed by atoms with E-state index in [4.69, 9.17) is 9.47 Å². The smallest absolute Gasteiger partial charge is 0.310 e. The molecule has 0 radical (unpaired) electrons. The molecule has 0 aromatic carbocycles. The Labute approximate surface area is 151 Å². The number of hydrogen-bond acceptors (Lipinski definition) is 5. The number of esters is 1. The van der Waals surface area contributed by atoms with Crippen LogP contribution < -0.4 is 0 Å². The Balaban J connectivity index is 1.33. The van der Waals surface area contributed by atoms with Crippen LogP contribution in [0.5, 0.6) is 0 Å². The number of piperazine rings is 1. The second-order valence-electron chi connectivity index (χ2n) is 9.70. The molecule has 0 bridgehead atoms. The summed E-state index contributed by atoms with van der Waals surface area (Å²) >= 11 is 0. The zero-order valence-electron chi connectivity index (χ0n) is 15.7. The topological polar surface area (TPSA) is 45.3 Å². The molecule has 5 heteroatoms. The molecular weight excluding hydrogens is 316 g/mol. The highest BCUT2D eigenvalue weighted by Crippen LogP contribution is 2.62. The van der Waals surface area contributed by atoms with Gasteiger partial charge in [0.2, 0.25) is 0 Å². The lowest BCUT2D eigenvalue weighted by atomic mass is 9.53. The van der Waals surface area contributed by atoms with Crippen molar-refractivity contribution < 1.29 is 14.3 Å². The number of carbonyl (C=O) groups is 1. The quantitative estimate of drug-likeness (QED) is 0.562. The van der Waals surface area contributed by atoms with Crippen LogP contribution in [0.2, 0.25) is 0 Å². The Bertz CT molecular complexity index is 555. The van der Waals surface area contributed by atoms with E-state index >= 15 is 0 Å². The van der Waals surface area contributed by atoms with Crippen molar-refractivity contribution in [3.8, 4) is 0 Å². The lowest BCUT2D eigenvalue weighted by Crippen LogP contribution is -2.52. The van der Waals surface area contributed by atoms with E-state index in [0.29, 0.717) is 17.3 Å². The Morgan fingerprint density at radius 2 is 1.96 bits per heavy atom. The van der Waals surface area contributed by atoms with Crippen LogP contribution in [0.25, 0.3) is 0 Å². The molecule has 5 aliphatic rings. The number of hydrogen-bond donors (Lipinski definition) is 0. The number of rotatable bonds is 2. The molecule has 0 amide bonds. The van der Waals surface area contributed by atoms with E-state index in [0.717, 1.165) is 52.2 Å². The monoisotopic (exact) mass is 348 g/mol. The molecule has 6 unspecified atom stereocenters. The fourth-order valence-electron chi connectivity index (χ4n) is 6.47. The highest BCUT2D eigenvalue weighted by molar-refractivity contribution is 5.75. The van der Waals surface area contributed by atoms with Crippen molar-refractivity contribution in [2.45, 2.75) is 50.7 Å². The normalized spacial score (nSPS) is 50.4. The van der Waals surface area contributed by atoms with Crippen LogP contribution in [0.3, 0.4) is 0 Å². The van der Waals surface area contributed by atoms with Gasteiger partial charge in [0.25, 0.3) is 0 Å². The summed E-state index contributed by atoms with van der Waals surface area (Å²) in [6.07, 6.45) is 6.10. The highest BCUT2D eigenvalue weighted by atomic mass is 16.6. The molecule has 0 N–H and O–H groups in total. The van der Waals surface area contributed by atoms with Gasteiger partial charge in [0.1, 0.15) is 6.10 Å². The van der Waals surface area contributed by atoms with Crippen LogP contribution in [0, 0.1) is 23.2 Å². The van der Waals surface area contributed by atoms with Crippen molar-refractivity contribution in [2.75, 3.05) is 46.4 Å². The van der Waals surface area contributed by atoms with Gasteiger partial charge in [0, 0.05) is 38.6 Å². The zero-order valence-corrected chi connectivity index (χ0v) is 15.7. The minimum atomic E-state index is 0.0712. The number of likely N-dealkylation sites (N-methyl/N-ethyl adjacent to an activating group) is 1. The minimum absolute atomic E-state index is 0.0712. The Morgan fingerprint density at radius 1 is 1.20 bits per heavy atom. The maximum absolute atomic E-state index is 12.7. The van der Waals surface area contributed by atoms with Gasteiger partial charge < -0.3 is 14.4 Å². The molecule has 5 fully saturated rings. The van der Waals surface area contributed by atoms with Crippen molar-refractivity contribution in [3.05, 3.63) is 0 Å². The van der Waals surface area contributed by atoms with Crippen LogP contribution in [0.4, 0.5) is 0 Å². The van der Waals surface area contributed by atoms with Crippen molar-refractivity contribution in [1.82, 2.24) is 9.80 Å². The van der Waals surface area contributed by atoms with Crippen LogP contribution in [0.1, 0.15) is 39.0 Å². The molecule has 5 rings (SSSR count). The molecular formula is C20H32N2O3. The standard InChI is InChI=1S/C20H32N2O3/c1-19-4-3-5-20(13-24-20)17(19)10-14-15(18(23)25-16(14)11-19)12-22-8-6-21(2)7-9-22/h14-17H,3-13H2,1-2H3. The van der Waals surface area contributed by atoms with E-state index in [-0.39, 0.29) is 23.6 Å². The van der Waals surface area contributed by atoms with Crippen LogP contribution in [-0.2, 0) is 14.3 Å². The number of nitrogens with zero attached hydrogens (tertiary/aromatic N) is 2. The first-order valence-corrected chi connectivity index (χ1v) is 10.2. The fraction of sp³-hybridized carbons (Fsp3) is 0.950. The van der Waals surface area contributed by atoms with E-state index < -0.39 is 0 Å². The molecule has 3 saturated heterocycles. The molecule has 0 aromatic rings. The molecule has 140 valence electrons. The lowest BCUT2D eigenvalue weighted by molar-refractivity contribution is -0.147. The second-order valence-corrected chi connectivity index (χ2v) is 9.70. The van der Waals surface area contributed by atoms with Crippen molar-refractivity contribution >= 4 is 5.97 Å². The van der Waals surface area contributed by atoms with Crippen molar-refractivity contribution in [1.29, 1.82) is 0 Å². The van der Waals surface area contributed by atoms with E-state index in [1.54, 1.807) is 0 Å². The summed E-state index contributed by atoms with van der Waals surface area (Å²) < 4.78 is 11.9. The van der Waals surface area contributed by atoms with Crippen LogP contribution in [0.15, 0.2) is 0 Å². The lowest BCUT2D eigenvalue weighted by Gasteiger charge is -2.51. The summed E-state index contributed by atoms with van der Waals surface area (Å²) in [6, 6.07) is 0. The Morgan fingerprint density at radius 3 is 2.68 bits per heavy atom. The molecule has 1 spiro atoms. The molecule has 3 aliphatic heterocycles. The predicted molar refractivity (Wildman–Crippen MR) is 94.2 cm³/mol. The van der Waals surface area contributed by atoms with E-state index in [1.807, 2.05) is 0 Å². The fourth-order valence-corrected chi connectivity index (χ4v) is 6.47. The predicted octanol–water partition coefficient (Wildman–Crippen LogP) is 1.76. The van der Waals surface area contributed by atoms with Gasteiger partial charge in [-0.1, -0.05) is 6.92 Å². The molecule has 6 atom stereocenters. The molecule has 3 heterocycles. The van der Waals surface area contributed by atoms with Crippen molar-refractivity contribution in [3.63, 3.8) is 0 Å². The van der Waals surface area contributed by atoms with Crippen LogP contribution in [-0.4, -0.2) is 73.9 Å². The van der Waals surface area contributed by atoms with Gasteiger partial charge in [-0.3, -0.25) is 9.69 Å². The van der Waals surface area contributed by atoms with Gasteiger partial charge in [-0.2, -0.15) is 0 Å². The highest BCUT2D eigenvalue weighted by Gasteiger charge is 2.65. The summed E-state index contributed by atoms with van der Waals surface area (Å²) in [7, 11) is 2.18. The van der Waals surface area contributed by atoms with Gasteiger partial charge in [-0.15, -0.1) is 0 Å². The van der Waals surface area contributed by atoms with Gasteiger partial charge >= 0.3 is 5.97 Å². The average Bonchev–Trinajstić information content (AvgIpc) is 3.28. The second kappa shape index (κ2) is 5.67. The van der Waals surface area contributed by atoms with Crippen LogP contribution >= 0.6 is 0 Å². The van der Waals surface area contributed by atoms with Gasteiger partial charge in [-0.05, 0) is 50.5 Å². The molecule has 2 saturated carbocycles. The first-order chi connectivity index (χ1) is 12.0. The molecule has 25 heavy (non-hydrogen) atoms. The first-order valence-electron chi connectivity index (χ1n) is 10.2. The van der Waals surface area contributed by atoms with Gasteiger partial charge in [0.05, 0.1) is 18.1 Å². The maximum Gasteiger partial charge on any atom is 0.310 e. The van der Waals surface area contributed by atoms with E-state index in [2.05, 4.69) is 23.8 Å². The Hall–Kier alpha value is -0.650. The number of carbonyl (C=O) groups excluding carboxylic acids is 1. The van der Waals surface area contributed by atoms with E-state index in [9.17, 15) is 4.79 Å². The summed E-state index contributed by atoms with van der Waals surface area (Å²) in [4.78, 5) is 17.5. The summed E-state index contributed by atoms with van der Waals surface area (Å²) in [6.45, 7) is 8.63. The minimum Gasteiger partial charge on any atom is -0.462 e. The number of ether oxygens (including phenoxy) is 2. The summed E-state index contributed by atoms with van der Waals surface area (Å²) in [5.74, 6) is 1.18. The third-order valence-corrected chi connectivity index (χ3v) is 8.13. The molecule has 5 nitrogen and oxygen atoms in total. The third-order valence-electron chi connectivity index (χ3n) is 8.13. The maximum atomic E-state index is 12.7. The largest absolute Gasteiger partial charge is 0.462 e. The van der Waals surface area contributed by atoms with Crippen molar-refractivity contribution in [2.24, 2.45) is 23.2 Å². The number of fused-ring (bicyclic) bond motifs is 3. The Kier molecular flexibility index (Phi) is 3.75. The summed E-state index contributed by atoms with van der Waals surface area (Å²) in [5, 5.41) is 0. The molecule has 0 aromatic heterocycles. The summed E-state index contributed by atoms with van der Waals surface area (Å²) in [5.41, 5.74) is 0.459. The third kappa shape index (κ3) is 2.65. The van der Waals surface area contributed by atoms with E-state index in [1.165, 1.54) is 19.3 Å². The van der Waals surface area contributed by atoms with Gasteiger partial charge in [0.15, 0.2) is 0 Å². The number of epoxide rings is 1. The SMILES string of the molecule is CN1CCN(CC2C(=O)OC3CC4(C)CCCC5(CO5)C4CC32)CC1. The first kappa shape index (κ1) is 16.5. The molecule has 2 aliphatic carbocycles.